The number of esters is 1. The van der Waals surface area contributed by atoms with Gasteiger partial charge < -0.3 is 9.15 Å². The van der Waals surface area contributed by atoms with Crippen LogP contribution in [0.3, 0.4) is 0 Å². The molecule has 6 heteroatoms. The van der Waals surface area contributed by atoms with Crippen molar-refractivity contribution in [1.29, 1.82) is 0 Å². The van der Waals surface area contributed by atoms with E-state index < -0.39 is 5.97 Å². The second-order valence-corrected chi connectivity index (χ2v) is 6.23. The predicted molar refractivity (Wildman–Crippen MR) is 92.5 cm³/mol. The number of ether oxygens (including phenoxy) is 1. The minimum atomic E-state index is -0.409. The molecular formula is C18H15BrN2O3. The SMILES string of the molecule is Cc1ccc(C(=O)OCc2nnc(-c3ccccc3Br)o2)c(C)c1. The molecule has 0 spiro atoms. The molecular weight excluding hydrogens is 372 g/mol. The van der Waals surface area contributed by atoms with Gasteiger partial charge in [0.1, 0.15) is 0 Å². The summed E-state index contributed by atoms with van der Waals surface area (Å²) in [6.07, 6.45) is 0. The molecule has 5 nitrogen and oxygen atoms in total. The fourth-order valence-corrected chi connectivity index (χ4v) is 2.76. The Bertz CT molecular complexity index is 889. The van der Waals surface area contributed by atoms with E-state index in [0.717, 1.165) is 21.2 Å². The van der Waals surface area contributed by atoms with Gasteiger partial charge in [-0.15, -0.1) is 10.2 Å². The summed E-state index contributed by atoms with van der Waals surface area (Å²) in [6, 6.07) is 13.1. The number of rotatable bonds is 4. The third kappa shape index (κ3) is 3.54. The highest BCUT2D eigenvalue weighted by atomic mass is 79.9. The van der Waals surface area contributed by atoms with E-state index in [9.17, 15) is 4.79 Å². The lowest BCUT2D eigenvalue weighted by Crippen LogP contribution is -2.07. The molecule has 1 aromatic heterocycles. The van der Waals surface area contributed by atoms with E-state index in [1.807, 2.05) is 50.2 Å². The minimum absolute atomic E-state index is 0.0659. The Morgan fingerprint density at radius 2 is 1.96 bits per heavy atom. The first-order chi connectivity index (χ1) is 11.5. The molecule has 0 aliphatic rings. The summed E-state index contributed by atoms with van der Waals surface area (Å²) in [7, 11) is 0. The fourth-order valence-electron chi connectivity index (χ4n) is 2.30. The van der Waals surface area contributed by atoms with E-state index in [0.29, 0.717) is 11.5 Å². The van der Waals surface area contributed by atoms with Crippen LogP contribution in [0.25, 0.3) is 11.5 Å². The normalized spacial score (nSPS) is 10.6. The number of nitrogens with zero attached hydrogens (tertiary/aromatic N) is 2. The first-order valence-corrected chi connectivity index (χ1v) is 8.15. The van der Waals surface area contributed by atoms with Crippen LogP contribution < -0.4 is 0 Å². The molecule has 0 radical (unpaired) electrons. The van der Waals surface area contributed by atoms with Gasteiger partial charge in [0.15, 0.2) is 6.61 Å². The van der Waals surface area contributed by atoms with Crippen LogP contribution in [0.15, 0.2) is 51.4 Å². The zero-order valence-electron chi connectivity index (χ0n) is 13.2. The van der Waals surface area contributed by atoms with Gasteiger partial charge in [0, 0.05) is 4.47 Å². The van der Waals surface area contributed by atoms with Crippen LogP contribution in [-0.2, 0) is 11.3 Å². The van der Waals surface area contributed by atoms with E-state index >= 15 is 0 Å². The van der Waals surface area contributed by atoms with Crippen molar-refractivity contribution in [1.82, 2.24) is 10.2 Å². The summed E-state index contributed by atoms with van der Waals surface area (Å²) in [6.45, 7) is 3.79. The molecule has 0 N–H and O–H groups in total. The largest absolute Gasteiger partial charge is 0.452 e. The maximum Gasteiger partial charge on any atom is 0.338 e. The van der Waals surface area contributed by atoms with Crippen molar-refractivity contribution < 1.29 is 13.9 Å². The van der Waals surface area contributed by atoms with Gasteiger partial charge in [-0.3, -0.25) is 0 Å². The van der Waals surface area contributed by atoms with Crippen LogP contribution in [0.4, 0.5) is 0 Å². The molecule has 0 atom stereocenters. The van der Waals surface area contributed by atoms with E-state index in [2.05, 4.69) is 26.1 Å². The Labute approximate surface area is 147 Å². The van der Waals surface area contributed by atoms with Gasteiger partial charge in [-0.1, -0.05) is 29.8 Å². The quantitative estimate of drug-likeness (QED) is 0.618. The van der Waals surface area contributed by atoms with Crippen molar-refractivity contribution in [2.45, 2.75) is 20.5 Å². The first kappa shape index (κ1) is 16.4. The van der Waals surface area contributed by atoms with Crippen LogP contribution in [0.2, 0.25) is 0 Å². The Kier molecular flexibility index (Phi) is 4.76. The van der Waals surface area contributed by atoms with Gasteiger partial charge >= 0.3 is 5.97 Å². The van der Waals surface area contributed by atoms with Gasteiger partial charge in [-0.2, -0.15) is 0 Å². The van der Waals surface area contributed by atoms with E-state index in [1.165, 1.54) is 0 Å². The number of hydrogen-bond acceptors (Lipinski definition) is 5. The van der Waals surface area contributed by atoms with Crippen molar-refractivity contribution in [3.63, 3.8) is 0 Å². The number of carbonyl (C=O) groups is 1. The number of aromatic nitrogens is 2. The molecule has 0 aliphatic carbocycles. The van der Waals surface area contributed by atoms with Crippen molar-refractivity contribution in [2.75, 3.05) is 0 Å². The predicted octanol–water partition coefficient (Wildman–Crippen LogP) is 4.47. The molecule has 0 aliphatic heterocycles. The van der Waals surface area contributed by atoms with Gasteiger partial charge in [-0.05, 0) is 53.5 Å². The van der Waals surface area contributed by atoms with Gasteiger partial charge in [0.25, 0.3) is 5.89 Å². The standard InChI is InChI=1S/C18H15BrN2O3/c1-11-7-8-13(12(2)9-11)18(22)23-10-16-20-21-17(24-16)14-5-3-4-6-15(14)19/h3-9H,10H2,1-2H3. The number of benzene rings is 2. The topological polar surface area (TPSA) is 65.2 Å². The number of halogens is 1. The molecule has 1 heterocycles. The lowest BCUT2D eigenvalue weighted by molar-refractivity contribution is 0.0438. The summed E-state index contributed by atoms with van der Waals surface area (Å²) in [4.78, 5) is 12.2. The Morgan fingerprint density at radius 1 is 1.17 bits per heavy atom. The zero-order chi connectivity index (χ0) is 17.1. The molecule has 0 unspecified atom stereocenters. The summed E-state index contributed by atoms with van der Waals surface area (Å²) in [5, 5.41) is 7.91. The van der Waals surface area contributed by atoms with Gasteiger partial charge in [-0.25, -0.2) is 4.79 Å². The molecule has 122 valence electrons. The lowest BCUT2D eigenvalue weighted by atomic mass is 10.1. The molecule has 2 aromatic carbocycles. The highest BCUT2D eigenvalue weighted by molar-refractivity contribution is 9.10. The van der Waals surface area contributed by atoms with Crippen LogP contribution >= 0.6 is 15.9 Å². The maximum atomic E-state index is 12.2. The van der Waals surface area contributed by atoms with Crippen LogP contribution in [0.1, 0.15) is 27.4 Å². The first-order valence-electron chi connectivity index (χ1n) is 7.36. The molecule has 0 saturated heterocycles. The van der Waals surface area contributed by atoms with E-state index in [4.69, 9.17) is 9.15 Å². The molecule has 0 bridgehead atoms. The third-order valence-corrected chi connectivity index (χ3v) is 4.19. The van der Waals surface area contributed by atoms with E-state index in [1.54, 1.807) is 6.07 Å². The molecule has 24 heavy (non-hydrogen) atoms. The van der Waals surface area contributed by atoms with Gasteiger partial charge in [0.2, 0.25) is 5.89 Å². The summed E-state index contributed by atoms with van der Waals surface area (Å²) >= 11 is 3.44. The van der Waals surface area contributed by atoms with Crippen molar-refractivity contribution in [2.24, 2.45) is 0 Å². The molecule has 0 amide bonds. The Morgan fingerprint density at radius 3 is 2.71 bits per heavy atom. The van der Waals surface area contributed by atoms with Gasteiger partial charge in [0.05, 0.1) is 11.1 Å². The average molecular weight is 387 g/mol. The minimum Gasteiger partial charge on any atom is -0.452 e. The highest BCUT2D eigenvalue weighted by Gasteiger charge is 2.15. The number of carbonyl (C=O) groups excluding carboxylic acids is 1. The smallest absolute Gasteiger partial charge is 0.338 e. The number of aryl methyl sites for hydroxylation is 2. The second kappa shape index (κ2) is 6.97. The molecule has 0 saturated carbocycles. The molecule has 0 fully saturated rings. The number of hydrogen-bond donors (Lipinski definition) is 0. The fraction of sp³-hybridized carbons (Fsp3) is 0.167. The molecule has 3 aromatic rings. The summed E-state index contributed by atoms with van der Waals surface area (Å²) in [5.41, 5.74) is 3.29. The summed E-state index contributed by atoms with van der Waals surface area (Å²) < 4.78 is 11.7. The molecule has 3 rings (SSSR count). The maximum absolute atomic E-state index is 12.2. The van der Waals surface area contributed by atoms with Crippen molar-refractivity contribution in [3.05, 3.63) is 69.5 Å². The van der Waals surface area contributed by atoms with Crippen molar-refractivity contribution >= 4 is 21.9 Å². The van der Waals surface area contributed by atoms with Crippen LogP contribution in [0.5, 0.6) is 0 Å². The van der Waals surface area contributed by atoms with E-state index in [-0.39, 0.29) is 12.5 Å². The van der Waals surface area contributed by atoms with Crippen LogP contribution in [-0.4, -0.2) is 16.2 Å². The Hall–Kier alpha value is -2.47. The lowest BCUT2D eigenvalue weighted by Gasteiger charge is -2.06. The monoisotopic (exact) mass is 386 g/mol. The average Bonchev–Trinajstić information content (AvgIpc) is 3.02. The third-order valence-electron chi connectivity index (χ3n) is 3.50. The zero-order valence-corrected chi connectivity index (χ0v) is 14.8. The second-order valence-electron chi connectivity index (χ2n) is 5.38. The summed E-state index contributed by atoms with van der Waals surface area (Å²) in [5.74, 6) is 0.215. The highest BCUT2D eigenvalue weighted by Crippen LogP contribution is 2.26. The Balaban J connectivity index is 1.69. The van der Waals surface area contributed by atoms with Crippen LogP contribution in [0, 0.1) is 13.8 Å². The van der Waals surface area contributed by atoms with Crippen molar-refractivity contribution in [3.8, 4) is 11.5 Å².